The third-order valence-corrected chi connectivity index (χ3v) is 1.80. The van der Waals surface area contributed by atoms with Crippen LogP contribution < -0.4 is 5.73 Å². The summed E-state index contributed by atoms with van der Waals surface area (Å²) in [6, 6.07) is 1.96. The standard InChI is InChI=1S/C9H11N5O/c1-14(4-2-3-10)9(15)7-5-13-8(11)6-12-7/h5-6H,2,4H2,1H3,(H2,11,13). The Labute approximate surface area is 87.3 Å². The van der Waals surface area contributed by atoms with Crippen molar-refractivity contribution in [1.82, 2.24) is 14.9 Å². The summed E-state index contributed by atoms with van der Waals surface area (Å²) in [5.74, 6) is 0.00368. The molecule has 1 aromatic rings. The summed E-state index contributed by atoms with van der Waals surface area (Å²) in [5, 5.41) is 8.37. The average molecular weight is 205 g/mol. The van der Waals surface area contributed by atoms with Crippen molar-refractivity contribution in [2.45, 2.75) is 6.42 Å². The highest BCUT2D eigenvalue weighted by molar-refractivity contribution is 5.91. The Morgan fingerprint density at radius 2 is 2.33 bits per heavy atom. The number of hydrogen-bond acceptors (Lipinski definition) is 5. The van der Waals surface area contributed by atoms with Crippen LogP contribution >= 0.6 is 0 Å². The fourth-order valence-electron chi connectivity index (χ4n) is 0.963. The Kier molecular flexibility index (Phi) is 3.57. The van der Waals surface area contributed by atoms with Crippen LogP contribution in [0.15, 0.2) is 12.4 Å². The van der Waals surface area contributed by atoms with Gasteiger partial charge in [-0.05, 0) is 0 Å². The van der Waals surface area contributed by atoms with Crippen LogP contribution in [0.25, 0.3) is 0 Å². The number of aromatic nitrogens is 2. The number of anilines is 1. The van der Waals surface area contributed by atoms with Crippen molar-refractivity contribution >= 4 is 11.7 Å². The fraction of sp³-hybridized carbons (Fsp3) is 0.333. The summed E-state index contributed by atoms with van der Waals surface area (Å²) in [4.78, 5) is 20.7. The van der Waals surface area contributed by atoms with Crippen LogP contribution in [-0.2, 0) is 0 Å². The van der Waals surface area contributed by atoms with Crippen LogP contribution in [-0.4, -0.2) is 34.4 Å². The van der Waals surface area contributed by atoms with Gasteiger partial charge in [0.2, 0.25) is 0 Å². The molecule has 6 heteroatoms. The maximum atomic E-state index is 11.6. The number of amides is 1. The molecule has 0 bridgehead atoms. The molecule has 0 aliphatic heterocycles. The first kappa shape index (κ1) is 10.9. The third kappa shape index (κ3) is 2.91. The lowest BCUT2D eigenvalue weighted by Gasteiger charge is -2.14. The van der Waals surface area contributed by atoms with Crippen molar-refractivity contribution in [2.75, 3.05) is 19.3 Å². The van der Waals surface area contributed by atoms with E-state index < -0.39 is 0 Å². The van der Waals surface area contributed by atoms with Gasteiger partial charge in [-0.1, -0.05) is 0 Å². The molecular weight excluding hydrogens is 194 g/mol. The lowest BCUT2D eigenvalue weighted by atomic mass is 10.3. The van der Waals surface area contributed by atoms with Gasteiger partial charge in [0.1, 0.15) is 11.5 Å². The first-order valence-corrected chi connectivity index (χ1v) is 4.35. The van der Waals surface area contributed by atoms with Crippen LogP contribution in [0, 0.1) is 11.3 Å². The lowest BCUT2D eigenvalue weighted by Crippen LogP contribution is -2.28. The van der Waals surface area contributed by atoms with E-state index in [0.717, 1.165) is 0 Å². The minimum atomic E-state index is -0.266. The van der Waals surface area contributed by atoms with Gasteiger partial charge in [0.15, 0.2) is 0 Å². The Bertz CT molecular complexity index is 380. The molecule has 2 N–H and O–H groups in total. The van der Waals surface area contributed by atoms with E-state index in [9.17, 15) is 4.79 Å². The normalized spacial score (nSPS) is 9.33. The molecule has 0 spiro atoms. The van der Waals surface area contributed by atoms with Crippen LogP contribution in [0.4, 0.5) is 5.82 Å². The van der Waals surface area contributed by atoms with Gasteiger partial charge in [-0.25, -0.2) is 9.97 Å². The molecule has 0 radical (unpaired) electrons. The van der Waals surface area contributed by atoms with Gasteiger partial charge < -0.3 is 10.6 Å². The van der Waals surface area contributed by atoms with E-state index in [-0.39, 0.29) is 17.4 Å². The molecule has 0 atom stereocenters. The quantitative estimate of drug-likeness (QED) is 0.751. The fourth-order valence-corrected chi connectivity index (χ4v) is 0.963. The monoisotopic (exact) mass is 205 g/mol. The number of carbonyl (C=O) groups excluding carboxylic acids is 1. The summed E-state index contributed by atoms with van der Waals surface area (Å²) >= 11 is 0. The minimum absolute atomic E-state index is 0.227. The molecule has 0 aromatic carbocycles. The second kappa shape index (κ2) is 4.91. The number of rotatable bonds is 3. The topological polar surface area (TPSA) is 95.9 Å². The first-order valence-electron chi connectivity index (χ1n) is 4.35. The van der Waals surface area contributed by atoms with Crippen molar-refractivity contribution in [3.63, 3.8) is 0 Å². The van der Waals surface area contributed by atoms with E-state index in [1.165, 1.54) is 17.3 Å². The maximum Gasteiger partial charge on any atom is 0.273 e. The van der Waals surface area contributed by atoms with Gasteiger partial charge in [0, 0.05) is 13.6 Å². The highest BCUT2D eigenvalue weighted by Crippen LogP contribution is 2.00. The molecule has 15 heavy (non-hydrogen) atoms. The Hall–Kier alpha value is -2.16. The highest BCUT2D eigenvalue weighted by atomic mass is 16.2. The molecule has 1 heterocycles. The molecule has 0 saturated heterocycles. The molecule has 1 aromatic heterocycles. The van der Waals surface area contributed by atoms with Crippen LogP contribution in [0.3, 0.4) is 0 Å². The average Bonchev–Trinajstić information content (AvgIpc) is 2.26. The van der Waals surface area contributed by atoms with Crippen molar-refractivity contribution in [2.24, 2.45) is 0 Å². The largest absolute Gasteiger partial charge is 0.382 e. The van der Waals surface area contributed by atoms with E-state index in [0.29, 0.717) is 13.0 Å². The number of nitrogen functional groups attached to an aromatic ring is 1. The molecule has 6 nitrogen and oxygen atoms in total. The maximum absolute atomic E-state index is 11.6. The number of nitrogens with two attached hydrogens (primary N) is 1. The van der Waals surface area contributed by atoms with Gasteiger partial charge in [-0.15, -0.1) is 0 Å². The predicted molar refractivity (Wildman–Crippen MR) is 53.6 cm³/mol. The summed E-state index contributed by atoms with van der Waals surface area (Å²) in [5.41, 5.74) is 5.57. The molecule has 78 valence electrons. The van der Waals surface area contributed by atoms with E-state index in [2.05, 4.69) is 9.97 Å². The van der Waals surface area contributed by atoms with Crippen LogP contribution in [0.2, 0.25) is 0 Å². The van der Waals surface area contributed by atoms with Gasteiger partial charge in [-0.3, -0.25) is 4.79 Å². The van der Waals surface area contributed by atoms with Crippen LogP contribution in [0.5, 0.6) is 0 Å². The predicted octanol–water partition coefficient (Wildman–Crippen LogP) is 0.0445. The van der Waals surface area contributed by atoms with Crippen molar-refractivity contribution in [1.29, 1.82) is 5.26 Å². The first-order chi connectivity index (χ1) is 7.15. The number of carbonyl (C=O) groups is 1. The van der Waals surface area contributed by atoms with Crippen LogP contribution in [0.1, 0.15) is 16.9 Å². The third-order valence-electron chi connectivity index (χ3n) is 1.80. The lowest BCUT2D eigenvalue weighted by molar-refractivity contribution is 0.0792. The molecule has 0 saturated carbocycles. The Morgan fingerprint density at radius 3 is 2.87 bits per heavy atom. The zero-order valence-electron chi connectivity index (χ0n) is 8.34. The number of nitrogens with zero attached hydrogens (tertiary/aromatic N) is 4. The van der Waals surface area contributed by atoms with Gasteiger partial charge in [0.05, 0.1) is 24.9 Å². The Balaban J connectivity index is 2.68. The second-order valence-corrected chi connectivity index (χ2v) is 2.96. The molecule has 0 fully saturated rings. The van der Waals surface area contributed by atoms with Crippen molar-refractivity contribution < 1.29 is 4.79 Å². The van der Waals surface area contributed by atoms with Crippen molar-refractivity contribution in [3.05, 3.63) is 18.1 Å². The summed E-state index contributed by atoms with van der Waals surface area (Å²) in [7, 11) is 1.61. The minimum Gasteiger partial charge on any atom is -0.382 e. The SMILES string of the molecule is CN(CCC#N)C(=O)c1cnc(N)cn1. The molecule has 0 aliphatic carbocycles. The molecule has 0 aliphatic rings. The molecule has 1 amide bonds. The highest BCUT2D eigenvalue weighted by Gasteiger charge is 2.12. The summed E-state index contributed by atoms with van der Waals surface area (Å²) < 4.78 is 0. The smallest absolute Gasteiger partial charge is 0.273 e. The van der Waals surface area contributed by atoms with E-state index in [1.807, 2.05) is 6.07 Å². The van der Waals surface area contributed by atoms with Crippen molar-refractivity contribution in [3.8, 4) is 6.07 Å². The molecule has 1 rings (SSSR count). The summed E-state index contributed by atoms with van der Waals surface area (Å²) in [6.45, 7) is 0.376. The van der Waals surface area contributed by atoms with Gasteiger partial charge in [-0.2, -0.15) is 5.26 Å². The van der Waals surface area contributed by atoms with E-state index in [1.54, 1.807) is 7.05 Å². The number of nitriles is 1. The van der Waals surface area contributed by atoms with Gasteiger partial charge >= 0.3 is 0 Å². The molecule has 0 unspecified atom stereocenters. The van der Waals surface area contributed by atoms with E-state index >= 15 is 0 Å². The second-order valence-electron chi connectivity index (χ2n) is 2.96. The zero-order valence-corrected chi connectivity index (χ0v) is 8.34. The number of hydrogen-bond donors (Lipinski definition) is 1. The van der Waals surface area contributed by atoms with E-state index in [4.69, 9.17) is 11.0 Å². The molecular formula is C9H11N5O. The zero-order chi connectivity index (χ0) is 11.3. The van der Waals surface area contributed by atoms with Gasteiger partial charge in [0.25, 0.3) is 5.91 Å². The summed E-state index contributed by atoms with van der Waals surface area (Å²) in [6.07, 6.45) is 2.94. The Morgan fingerprint density at radius 1 is 1.60 bits per heavy atom.